The summed E-state index contributed by atoms with van der Waals surface area (Å²) in [6.07, 6.45) is 0. The van der Waals surface area contributed by atoms with Crippen molar-refractivity contribution in [3.8, 4) is 5.75 Å². The molecule has 0 radical (unpaired) electrons. The molecule has 0 saturated carbocycles. The summed E-state index contributed by atoms with van der Waals surface area (Å²) < 4.78 is 5.64. The monoisotopic (exact) mass is 270 g/mol. The third kappa shape index (κ3) is 3.38. The molecule has 0 aliphatic carbocycles. The first kappa shape index (κ1) is 14.1. The average Bonchev–Trinajstić information content (AvgIpc) is 2.44. The van der Waals surface area contributed by atoms with E-state index in [0.717, 1.165) is 11.1 Å². The van der Waals surface area contributed by atoms with Crippen molar-refractivity contribution in [3.05, 3.63) is 65.2 Å². The Bertz CT molecular complexity index is 590. The van der Waals surface area contributed by atoms with Crippen molar-refractivity contribution >= 4 is 5.97 Å². The minimum Gasteiger partial charge on any atom is -0.492 e. The number of hydrogen-bond acceptors (Lipinski definition) is 2. The van der Waals surface area contributed by atoms with E-state index < -0.39 is 11.9 Å². The van der Waals surface area contributed by atoms with E-state index in [1.165, 1.54) is 5.56 Å². The zero-order valence-electron chi connectivity index (χ0n) is 11.7. The average molecular weight is 270 g/mol. The first-order valence-corrected chi connectivity index (χ1v) is 6.55. The van der Waals surface area contributed by atoms with Gasteiger partial charge in [0.2, 0.25) is 0 Å². The molecule has 0 fully saturated rings. The van der Waals surface area contributed by atoms with E-state index in [9.17, 15) is 9.90 Å². The maximum absolute atomic E-state index is 11.4. The second kappa shape index (κ2) is 6.24. The van der Waals surface area contributed by atoms with Gasteiger partial charge in [0.1, 0.15) is 18.3 Å². The van der Waals surface area contributed by atoms with Crippen LogP contribution < -0.4 is 4.74 Å². The van der Waals surface area contributed by atoms with Gasteiger partial charge in [0, 0.05) is 0 Å². The maximum atomic E-state index is 11.4. The van der Waals surface area contributed by atoms with E-state index in [0.29, 0.717) is 5.75 Å². The number of ether oxygens (including phenoxy) is 1. The summed E-state index contributed by atoms with van der Waals surface area (Å²) in [6, 6.07) is 14.9. The summed E-state index contributed by atoms with van der Waals surface area (Å²) >= 11 is 0. The van der Waals surface area contributed by atoms with Gasteiger partial charge in [0.25, 0.3) is 0 Å². The topological polar surface area (TPSA) is 46.5 Å². The third-order valence-corrected chi connectivity index (χ3v) is 3.40. The van der Waals surface area contributed by atoms with Crippen LogP contribution in [0.5, 0.6) is 5.75 Å². The minimum atomic E-state index is -0.875. The number of rotatable bonds is 5. The van der Waals surface area contributed by atoms with Crippen LogP contribution in [0.25, 0.3) is 0 Å². The number of aliphatic carboxylic acids is 1. The predicted octanol–water partition coefficient (Wildman–Crippen LogP) is 3.55. The minimum absolute atomic E-state index is 0.127. The molecule has 3 nitrogen and oxygen atoms in total. The number of hydrogen-bond donors (Lipinski definition) is 1. The van der Waals surface area contributed by atoms with Crippen molar-refractivity contribution in [3.63, 3.8) is 0 Å². The summed E-state index contributed by atoms with van der Waals surface area (Å²) in [7, 11) is 0. The number of carboxylic acid groups (broad SMARTS) is 1. The molecule has 104 valence electrons. The van der Waals surface area contributed by atoms with Gasteiger partial charge in [-0.15, -0.1) is 0 Å². The number of carbonyl (C=O) groups is 1. The Kier molecular flexibility index (Phi) is 4.41. The smallest absolute Gasteiger partial charge is 0.314 e. The highest BCUT2D eigenvalue weighted by Crippen LogP contribution is 2.21. The van der Waals surface area contributed by atoms with Crippen molar-refractivity contribution < 1.29 is 14.6 Å². The fraction of sp³-hybridized carbons (Fsp3) is 0.235. The molecule has 0 aromatic heterocycles. The first-order chi connectivity index (χ1) is 9.58. The summed E-state index contributed by atoms with van der Waals surface area (Å²) in [4.78, 5) is 11.4. The number of benzene rings is 2. The van der Waals surface area contributed by atoms with E-state index in [2.05, 4.69) is 0 Å². The van der Waals surface area contributed by atoms with Gasteiger partial charge in [-0.2, -0.15) is 0 Å². The lowest BCUT2D eigenvalue weighted by Crippen LogP contribution is -2.19. The molecule has 2 aromatic rings. The second-order valence-electron chi connectivity index (χ2n) is 4.86. The molecule has 2 rings (SSSR count). The molecule has 3 heteroatoms. The quantitative estimate of drug-likeness (QED) is 0.903. The van der Waals surface area contributed by atoms with Crippen LogP contribution in [0.1, 0.15) is 22.6 Å². The highest BCUT2D eigenvalue weighted by atomic mass is 16.5. The van der Waals surface area contributed by atoms with Crippen LogP contribution in [-0.4, -0.2) is 17.7 Å². The first-order valence-electron chi connectivity index (χ1n) is 6.55. The molecular formula is C17H18O3. The predicted molar refractivity (Wildman–Crippen MR) is 78.2 cm³/mol. The SMILES string of the molecule is Cc1ccc(OCC(C(=O)O)c2ccccc2)cc1C. The molecule has 0 amide bonds. The second-order valence-corrected chi connectivity index (χ2v) is 4.86. The Balaban J connectivity index is 2.10. The molecule has 0 aliphatic heterocycles. The highest BCUT2D eigenvalue weighted by molar-refractivity contribution is 5.76. The lowest BCUT2D eigenvalue weighted by atomic mass is 10.0. The van der Waals surface area contributed by atoms with Crippen molar-refractivity contribution in [2.24, 2.45) is 0 Å². The standard InChI is InChI=1S/C17H18O3/c1-12-8-9-15(10-13(12)2)20-11-16(17(18)19)14-6-4-3-5-7-14/h3-10,16H,11H2,1-2H3,(H,18,19). The largest absolute Gasteiger partial charge is 0.492 e. The van der Waals surface area contributed by atoms with Crippen molar-refractivity contribution in [2.45, 2.75) is 19.8 Å². The van der Waals surface area contributed by atoms with Crippen LogP contribution in [-0.2, 0) is 4.79 Å². The molecule has 20 heavy (non-hydrogen) atoms. The molecule has 0 bridgehead atoms. The van der Waals surface area contributed by atoms with Gasteiger partial charge >= 0.3 is 5.97 Å². The molecule has 1 N–H and O–H groups in total. The highest BCUT2D eigenvalue weighted by Gasteiger charge is 2.20. The van der Waals surface area contributed by atoms with Crippen LogP contribution in [0.2, 0.25) is 0 Å². The summed E-state index contributed by atoms with van der Waals surface area (Å²) in [5.74, 6) is -0.826. The molecule has 0 saturated heterocycles. The molecular weight excluding hydrogens is 252 g/mol. The molecule has 1 atom stereocenters. The van der Waals surface area contributed by atoms with Crippen LogP contribution >= 0.6 is 0 Å². The van der Waals surface area contributed by atoms with Crippen LogP contribution in [0.4, 0.5) is 0 Å². The summed E-state index contributed by atoms with van der Waals surface area (Å²) in [5, 5.41) is 9.32. The molecule has 0 heterocycles. The van der Waals surface area contributed by atoms with Crippen molar-refractivity contribution in [1.29, 1.82) is 0 Å². The van der Waals surface area contributed by atoms with Gasteiger partial charge < -0.3 is 9.84 Å². The van der Waals surface area contributed by atoms with Gasteiger partial charge in [-0.3, -0.25) is 4.79 Å². The van der Waals surface area contributed by atoms with E-state index >= 15 is 0 Å². The van der Waals surface area contributed by atoms with Gasteiger partial charge in [0.15, 0.2) is 0 Å². The molecule has 0 aliphatic rings. The molecule has 1 unspecified atom stereocenters. The van der Waals surface area contributed by atoms with E-state index in [4.69, 9.17) is 4.74 Å². The fourth-order valence-corrected chi connectivity index (χ4v) is 1.98. The molecule has 0 spiro atoms. The van der Waals surface area contributed by atoms with Crippen molar-refractivity contribution in [1.82, 2.24) is 0 Å². The Labute approximate surface area is 118 Å². The lowest BCUT2D eigenvalue weighted by Gasteiger charge is -2.14. The Morgan fingerprint density at radius 3 is 2.40 bits per heavy atom. The van der Waals surface area contributed by atoms with E-state index in [1.54, 1.807) is 0 Å². The van der Waals surface area contributed by atoms with E-state index in [-0.39, 0.29) is 6.61 Å². The van der Waals surface area contributed by atoms with Gasteiger partial charge in [-0.25, -0.2) is 0 Å². The van der Waals surface area contributed by atoms with E-state index in [1.807, 2.05) is 62.4 Å². The fourth-order valence-electron chi connectivity index (χ4n) is 1.98. The number of aryl methyl sites for hydroxylation is 2. The molecule has 2 aromatic carbocycles. The Hall–Kier alpha value is -2.29. The van der Waals surface area contributed by atoms with Crippen LogP contribution in [0, 0.1) is 13.8 Å². The van der Waals surface area contributed by atoms with Crippen LogP contribution in [0.3, 0.4) is 0 Å². The summed E-state index contributed by atoms with van der Waals surface area (Å²) in [5.41, 5.74) is 3.08. The van der Waals surface area contributed by atoms with Crippen LogP contribution in [0.15, 0.2) is 48.5 Å². The zero-order chi connectivity index (χ0) is 14.5. The van der Waals surface area contributed by atoms with Gasteiger partial charge in [-0.05, 0) is 42.7 Å². The summed E-state index contributed by atoms with van der Waals surface area (Å²) in [6.45, 7) is 4.17. The third-order valence-electron chi connectivity index (χ3n) is 3.40. The Morgan fingerprint density at radius 2 is 1.80 bits per heavy atom. The number of carboxylic acids is 1. The zero-order valence-corrected chi connectivity index (χ0v) is 11.7. The maximum Gasteiger partial charge on any atom is 0.314 e. The van der Waals surface area contributed by atoms with Gasteiger partial charge in [0.05, 0.1) is 0 Å². The normalized spacial score (nSPS) is 11.9. The van der Waals surface area contributed by atoms with Crippen molar-refractivity contribution in [2.75, 3.05) is 6.61 Å². The Morgan fingerprint density at radius 1 is 1.10 bits per heavy atom. The lowest BCUT2D eigenvalue weighted by molar-refractivity contribution is -0.139. The van der Waals surface area contributed by atoms with Gasteiger partial charge in [-0.1, -0.05) is 36.4 Å².